The molecule has 3 aromatic rings. The van der Waals surface area contributed by atoms with E-state index in [9.17, 15) is 9.59 Å². The van der Waals surface area contributed by atoms with Gasteiger partial charge in [-0.3, -0.25) is 9.59 Å². The Morgan fingerprint density at radius 1 is 1.23 bits per heavy atom. The van der Waals surface area contributed by atoms with Gasteiger partial charge in [-0.15, -0.1) is 23.1 Å². The van der Waals surface area contributed by atoms with Crippen LogP contribution in [0.15, 0.2) is 41.7 Å². The Hall–Kier alpha value is -2.45. The molecule has 2 N–H and O–H groups in total. The molecular formula is C18H17N3O3S2. The SMILES string of the molecule is Cc1cc2c(SCCC(=O)Nc3ccc(CC(=O)O)cc3)ncnc2s1. The van der Waals surface area contributed by atoms with Crippen LogP contribution in [0.3, 0.4) is 0 Å². The fourth-order valence-corrected chi connectivity index (χ4v) is 4.24. The second-order valence-electron chi connectivity index (χ2n) is 5.67. The second-order valence-corrected chi connectivity index (χ2v) is 7.99. The van der Waals surface area contributed by atoms with Crippen LogP contribution in [0.25, 0.3) is 10.2 Å². The summed E-state index contributed by atoms with van der Waals surface area (Å²) in [5, 5.41) is 13.5. The van der Waals surface area contributed by atoms with Crippen LogP contribution in [-0.2, 0) is 16.0 Å². The van der Waals surface area contributed by atoms with E-state index in [1.807, 2.05) is 6.92 Å². The normalized spacial score (nSPS) is 10.8. The number of rotatable bonds is 7. The summed E-state index contributed by atoms with van der Waals surface area (Å²) in [6.45, 7) is 2.04. The molecule has 0 saturated carbocycles. The van der Waals surface area contributed by atoms with E-state index in [0.717, 1.165) is 15.2 Å². The van der Waals surface area contributed by atoms with Crippen LogP contribution in [0, 0.1) is 6.92 Å². The minimum Gasteiger partial charge on any atom is -0.481 e. The molecule has 0 bridgehead atoms. The fourth-order valence-electron chi connectivity index (χ4n) is 2.41. The standard InChI is InChI=1S/C18H17N3O3S2/c1-11-8-14-17(19-10-20-18(14)26-11)25-7-6-15(22)21-13-4-2-12(3-5-13)9-16(23)24/h2-5,8,10H,6-7,9H2,1H3,(H,21,22)(H,23,24). The molecule has 0 atom stereocenters. The largest absolute Gasteiger partial charge is 0.481 e. The molecule has 0 aliphatic rings. The van der Waals surface area contributed by atoms with Crippen molar-refractivity contribution in [3.05, 3.63) is 47.1 Å². The highest BCUT2D eigenvalue weighted by atomic mass is 32.2. The van der Waals surface area contributed by atoms with E-state index in [1.54, 1.807) is 53.7 Å². The Morgan fingerprint density at radius 3 is 2.73 bits per heavy atom. The minimum absolute atomic E-state index is 0.0275. The molecule has 2 heterocycles. The summed E-state index contributed by atoms with van der Waals surface area (Å²) in [7, 11) is 0. The summed E-state index contributed by atoms with van der Waals surface area (Å²) in [5.74, 6) is -0.349. The van der Waals surface area contributed by atoms with E-state index in [2.05, 4.69) is 21.4 Å². The quantitative estimate of drug-likeness (QED) is 0.474. The Labute approximate surface area is 158 Å². The number of fused-ring (bicyclic) bond motifs is 1. The first-order valence-corrected chi connectivity index (χ1v) is 9.76. The van der Waals surface area contributed by atoms with Crippen molar-refractivity contribution in [1.29, 1.82) is 0 Å². The van der Waals surface area contributed by atoms with Crippen LogP contribution in [0.2, 0.25) is 0 Å². The number of amides is 1. The van der Waals surface area contributed by atoms with E-state index in [0.29, 0.717) is 23.4 Å². The van der Waals surface area contributed by atoms with Gasteiger partial charge in [-0.05, 0) is 30.7 Å². The third-order valence-corrected chi connectivity index (χ3v) is 5.54. The van der Waals surface area contributed by atoms with Gasteiger partial charge >= 0.3 is 5.97 Å². The van der Waals surface area contributed by atoms with E-state index < -0.39 is 5.97 Å². The van der Waals surface area contributed by atoms with Crippen LogP contribution in [0.4, 0.5) is 5.69 Å². The van der Waals surface area contributed by atoms with Gasteiger partial charge in [0, 0.05) is 28.1 Å². The summed E-state index contributed by atoms with van der Waals surface area (Å²) in [5.41, 5.74) is 1.36. The molecule has 3 rings (SSSR count). The summed E-state index contributed by atoms with van der Waals surface area (Å²) < 4.78 is 0. The Morgan fingerprint density at radius 2 is 2.00 bits per heavy atom. The maximum Gasteiger partial charge on any atom is 0.307 e. The number of nitrogens with one attached hydrogen (secondary N) is 1. The highest BCUT2D eigenvalue weighted by Gasteiger charge is 2.09. The van der Waals surface area contributed by atoms with Gasteiger partial charge in [0.25, 0.3) is 0 Å². The average Bonchev–Trinajstić information content (AvgIpc) is 2.97. The maximum absolute atomic E-state index is 12.1. The lowest BCUT2D eigenvalue weighted by Gasteiger charge is -2.06. The highest BCUT2D eigenvalue weighted by Crippen LogP contribution is 2.30. The van der Waals surface area contributed by atoms with Crippen molar-refractivity contribution in [3.63, 3.8) is 0 Å². The average molecular weight is 387 g/mol. The molecule has 2 aromatic heterocycles. The first-order chi connectivity index (χ1) is 12.5. The monoisotopic (exact) mass is 387 g/mol. The van der Waals surface area contributed by atoms with Gasteiger partial charge in [0.15, 0.2) is 0 Å². The van der Waals surface area contributed by atoms with Gasteiger partial charge in [0.05, 0.1) is 6.42 Å². The molecule has 1 amide bonds. The highest BCUT2D eigenvalue weighted by molar-refractivity contribution is 7.99. The molecule has 26 heavy (non-hydrogen) atoms. The fraction of sp³-hybridized carbons (Fsp3) is 0.222. The topological polar surface area (TPSA) is 92.2 Å². The zero-order chi connectivity index (χ0) is 18.5. The van der Waals surface area contributed by atoms with E-state index in [1.165, 1.54) is 4.88 Å². The van der Waals surface area contributed by atoms with E-state index in [4.69, 9.17) is 5.11 Å². The predicted molar refractivity (Wildman–Crippen MR) is 104 cm³/mol. The van der Waals surface area contributed by atoms with Gasteiger partial charge in [-0.2, -0.15) is 0 Å². The number of carbonyl (C=O) groups excluding carboxylic acids is 1. The second kappa shape index (κ2) is 8.29. The number of anilines is 1. The molecule has 134 valence electrons. The van der Waals surface area contributed by atoms with Gasteiger partial charge in [-0.1, -0.05) is 12.1 Å². The van der Waals surface area contributed by atoms with Crippen LogP contribution in [0.5, 0.6) is 0 Å². The van der Waals surface area contributed by atoms with E-state index >= 15 is 0 Å². The lowest BCUT2D eigenvalue weighted by molar-refractivity contribution is -0.136. The summed E-state index contributed by atoms with van der Waals surface area (Å²) in [6, 6.07) is 8.90. The van der Waals surface area contributed by atoms with Gasteiger partial charge in [0.2, 0.25) is 5.91 Å². The minimum atomic E-state index is -0.876. The number of aryl methyl sites for hydroxylation is 1. The maximum atomic E-state index is 12.1. The summed E-state index contributed by atoms with van der Waals surface area (Å²) in [4.78, 5) is 33.5. The van der Waals surface area contributed by atoms with Crippen molar-refractivity contribution in [2.45, 2.75) is 24.8 Å². The molecule has 8 heteroatoms. The summed E-state index contributed by atoms with van der Waals surface area (Å²) in [6.07, 6.45) is 1.88. The predicted octanol–water partition coefficient (Wildman–Crippen LogP) is 3.75. The zero-order valence-electron chi connectivity index (χ0n) is 14.1. The molecule has 0 saturated heterocycles. The van der Waals surface area contributed by atoms with Gasteiger partial charge < -0.3 is 10.4 Å². The lowest BCUT2D eigenvalue weighted by Crippen LogP contribution is -2.12. The first-order valence-electron chi connectivity index (χ1n) is 7.96. The van der Waals surface area contributed by atoms with Crippen LogP contribution < -0.4 is 5.32 Å². The summed E-state index contributed by atoms with van der Waals surface area (Å²) >= 11 is 3.17. The first kappa shape index (κ1) is 18.3. The number of hydrogen-bond donors (Lipinski definition) is 2. The molecule has 1 aromatic carbocycles. The zero-order valence-corrected chi connectivity index (χ0v) is 15.7. The number of thiophene rings is 1. The van der Waals surface area contributed by atoms with Gasteiger partial charge in [-0.25, -0.2) is 9.97 Å². The van der Waals surface area contributed by atoms with E-state index in [-0.39, 0.29) is 12.3 Å². The number of carbonyl (C=O) groups is 2. The van der Waals surface area contributed by atoms with Crippen molar-refractivity contribution in [2.24, 2.45) is 0 Å². The number of thioether (sulfide) groups is 1. The number of aromatic nitrogens is 2. The van der Waals surface area contributed by atoms with Gasteiger partial charge in [0.1, 0.15) is 16.2 Å². The lowest BCUT2D eigenvalue weighted by atomic mass is 10.1. The van der Waals surface area contributed by atoms with Crippen LogP contribution in [-0.4, -0.2) is 32.7 Å². The molecule has 0 aliphatic carbocycles. The number of benzene rings is 1. The smallest absolute Gasteiger partial charge is 0.307 e. The Balaban J connectivity index is 1.51. The Kier molecular flexibility index (Phi) is 5.85. The Bertz CT molecular complexity index is 939. The van der Waals surface area contributed by atoms with Crippen LogP contribution in [0.1, 0.15) is 16.9 Å². The molecular weight excluding hydrogens is 370 g/mol. The third kappa shape index (κ3) is 4.80. The van der Waals surface area contributed by atoms with Crippen molar-refractivity contribution >= 4 is 50.9 Å². The van der Waals surface area contributed by atoms with Crippen molar-refractivity contribution in [1.82, 2.24) is 9.97 Å². The van der Waals surface area contributed by atoms with Crippen LogP contribution >= 0.6 is 23.1 Å². The number of carboxylic acids is 1. The number of aliphatic carboxylic acids is 1. The molecule has 0 radical (unpaired) electrons. The molecule has 0 unspecified atom stereocenters. The molecule has 0 spiro atoms. The third-order valence-electron chi connectivity index (χ3n) is 3.58. The van der Waals surface area contributed by atoms with Crippen molar-refractivity contribution < 1.29 is 14.7 Å². The number of hydrogen-bond acceptors (Lipinski definition) is 6. The number of carboxylic acid groups (broad SMARTS) is 1. The molecule has 0 fully saturated rings. The van der Waals surface area contributed by atoms with Crippen molar-refractivity contribution in [2.75, 3.05) is 11.1 Å². The molecule has 6 nitrogen and oxygen atoms in total. The number of nitrogens with zero attached hydrogens (tertiary/aromatic N) is 2. The molecule has 0 aliphatic heterocycles. The van der Waals surface area contributed by atoms with Crippen molar-refractivity contribution in [3.8, 4) is 0 Å².